The van der Waals surface area contributed by atoms with E-state index in [1.807, 2.05) is 13.2 Å². The van der Waals surface area contributed by atoms with Crippen molar-refractivity contribution in [2.75, 3.05) is 12.9 Å². The third-order valence-electron chi connectivity index (χ3n) is 2.51. The number of hydrogen-bond acceptors (Lipinski definition) is 5. The van der Waals surface area contributed by atoms with Gasteiger partial charge in [0.2, 0.25) is 5.76 Å². The van der Waals surface area contributed by atoms with Crippen molar-refractivity contribution in [3.05, 3.63) is 17.3 Å². The molecule has 0 fully saturated rings. The van der Waals surface area contributed by atoms with Crippen LogP contribution in [0, 0.1) is 13.8 Å². The van der Waals surface area contributed by atoms with Crippen molar-refractivity contribution in [2.24, 2.45) is 0 Å². The summed E-state index contributed by atoms with van der Waals surface area (Å²) in [5.41, 5.74) is 0.580. The molecule has 0 aliphatic rings. The number of amides is 1. The Morgan fingerprint density at radius 2 is 2.24 bits per heavy atom. The second-order valence-electron chi connectivity index (χ2n) is 3.87. The molecule has 6 heteroatoms. The molecule has 0 aliphatic heterocycles. The van der Waals surface area contributed by atoms with Gasteiger partial charge in [-0.25, -0.2) is 4.98 Å². The van der Waals surface area contributed by atoms with Crippen LogP contribution in [0.3, 0.4) is 0 Å². The van der Waals surface area contributed by atoms with Crippen molar-refractivity contribution in [3.63, 3.8) is 0 Å². The number of oxazole rings is 1. The molecule has 0 aromatic carbocycles. The van der Waals surface area contributed by atoms with Crippen LogP contribution in [0.15, 0.2) is 4.42 Å². The minimum atomic E-state index is -0.289. The Morgan fingerprint density at radius 1 is 1.59 bits per heavy atom. The van der Waals surface area contributed by atoms with Gasteiger partial charge in [-0.05, 0) is 20.1 Å². The molecule has 0 unspecified atom stereocenters. The Balaban J connectivity index is 2.69. The van der Waals surface area contributed by atoms with Crippen molar-refractivity contribution in [1.82, 2.24) is 10.3 Å². The molecule has 0 saturated carbocycles. The number of rotatable bonds is 5. The predicted molar refractivity (Wildman–Crippen MR) is 67.3 cm³/mol. The average molecular weight is 258 g/mol. The lowest BCUT2D eigenvalue weighted by Gasteiger charge is -2.20. The summed E-state index contributed by atoms with van der Waals surface area (Å²) >= 11 is 1.51. The monoisotopic (exact) mass is 258 g/mol. The van der Waals surface area contributed by atoms with Crippen molar-refractivity contribution in [3.8, 4) is 0 Å². The van der Waals surface area contributed by atoms with Crippen molar-refractivity contribution in [2.45, 2.75) is 32.1 Å². The zero-order valence-corrected chi connectivity index (χ0v) is 11.3. The Labute approximate surface area is 105 Å². The number of hydrogen-bond donors (Lipinski definition) is 2. The van der Waals surface area contributed by atoms with Gasteiger partial charge in [0.15, 0.2) is 5.89 Å². The normalized spacial score (nSPS) is 14.4. The molecule has 1 rings (SSSR count). The number of nitrogens with one attached hydrogen (secondary N) is 1. The van der Waals surface area contributed by atoms with Crippen molar-refractivity contribution in [1.29, 1.82) is 0 Å². The van der Waals surface area contributed by atoms with Crippen LogP contribution in [0.25, 0.3) is 0 Å². The van der Waals surface area contributed by atoms with E-state index in [-0.39, 0.29) is 29.6 Å². The van der Waals surface area contributed by atoms with Crippen LogP contribution < -0.4 is 5.32 Å². The fourth-order valence-corrected chi connectivity index (χ4v) is 2.17. The summed E-state index contributed by atoms with van der Waals surface area (Å²) < 4.78 is 5.23. The lowest BCUT2D eigenvalue weighted by Crippen LogP contribution is -2.41. The fraction of sp³-hybridized carbons (Fsp3) is 0.636. The highest BCUT2D eigenvalue weighted by atomic mass is 32.2. The maximum atomic E-state index is 11.9. The van der Waals surface area contributed by atoms with Crippen molar-refractivity contribution < 1.29 is 14.3 Å². The van der Waals surface area contributed by atoms with E-state index in [9.17, 15) is 4.79 Å². The molecule has 1 heterocycles. The Bertz CT molecular complexity index is 388. The van der Waals surface area contributed by atoms with Gasteiger partial charge >= 0.3 is 0 Å². The zero-order chi connectivity index (χ0) is 13.0. The highest BCUT2D eigenvalue weighted by molar-refractivity contribution is 7.99. The Kier molecular flexibility index (Phi) is 5.02. The van der Waals surface area contributed by atoms with Gasteiger partial charge in [0, 0.05) is 18.2 Å². The van der Waals surface area contributed by atoms with Gasteiger partial charge in [0.1, 0.15) is 0 Å². The smallest absolute Gasteiger partial charge is 0.289 e. The maximum Gasteiger partial charge on any atom is 0.289 e. The van der Waals surface area contributed by atoms with Crippen LogP contribution in [-0.2, 0) is 0 Å². The summed E-state index contributed by atoms with van der Waals surface area (Å²) in [7, 11) is 0. The van der Waals surface area contributed by atoms with Gasteiger partial charge in [0.25, 0.3) is 5.91 Å². The number of carbonyl (C=O) groups excluding carboxylic acids is 1. The third kappa shape index (κ3) is 3.47. The van der Waals surface area contributed by atoms with E-state index in [4.69, 9.17) is 9.52 Å². The summed E-state index contributed by atoms with van der Waals surface area (Å²) in [6.45, 7) is 5.31. The molecule has 0 radical (unpaired) electrons. The number of nitrogens with zero attached hydrogens (tertiary/aromatic N) is 1. The van der Waals surface area contributed by atoms with E-state index in [0.29, 0.717) is 11.6 Å². The van der Waals surface area contributed by atoms with Gasteiger partial charge in [-0.2, -0.15) is 11.8 Å². The summed E-state index contributed by atoms with van der Waals surface area (Å²) in [4.78, 5) is 15.9. The van der Waals surface area contributed by atoms with Crippen LogP contribution in [0.2, 0.25) is 0 Å². The number of aromatic nitrogens is 1. The first kappa shape index (κ1) is 14.1. The van der Waals surface area contributed by atoms with E-state index in [2.05, 4.69) is 10.3 Å². The zero-order valence-electron chi connectivity index (χ0n) is 10.5. The number of thioether (sulfide) groups is 1. The Morgan fingerprint density at radius 3 is 2.65 bits per heavy atom. The van der Waals surface area contributed by atoms with Crippen LogP contribution >= 0.6 is 11.8 Å². The largest absolute Gasteiger partial charge is 0.436 e. The van der Waals surface area contributed by atoms with Gasteiger partial charge in [-0.3, -0.25) is 4.79 Å². The molecule has 1 amide bonds. The second kappa shape index (κ2) is 6.07. The molecule has 2 atom stereocenters. The predicted octanol–water partition coefficient (Wildman–Crippen LogP) is 1.13. The number of carbonyl (C=O) groups is 1. The van der Waals surface area contributed by atoms with E-state index in [1.165, 1.54) is 11.8 Å². The molecule has 0 aliphatic carbocycles. The first-order valence-electron chi connectivity index (χ1n) is 5.38. The van der Waals surface area contributed by atoms with Crippen LogP contribution in [0.1, 0.15) is 29.1 Å². The number of aliphatic hydroxyl groups excluding tert-OH is 1. The SMILES string of the molecule is CS[C@@H](CO)[C@@H](C)NC(=O)c1oc(C)nc1C. The second-order valence-corrected chi connectivity index (χ2v) is 4.94. The standard InChI is InChI=1S/C11H18N2O3S/c1-6(9(5-14)17-4)13-11(15)10-7(2)12-8(3)16-10/h6,9,14H,5H2,1-4H3,(H,13,15)/t6-,9+/m1/s1. The molecule has 96 valence electrons. The molecule has 0 saturated heterocycles. The van der Waals surface area contributed by atoms with E-state index in [1.54, 1.807) is 13.8 Å². The van der Waals surface area contributed by atoms with Gasteiger partial charge in [-0.15, -0.1) is 0 Å². The average Bonchev–Trinajstić information content (AvgIpc) is 2.59. The maximum absolute atomic E-state index is 11.9. The quantitative estimate of drug-likeness (QED) is 0.828. The summed E-state index contributed by atoms with van der Waals surface area (Å²) in [5, 5.41) is 11.9. The van der Waals surface area contributed by atoms with E-state index < -0.39 is 0 Å². The molecule has 2 N–H and O–H groups in total. The Hall–Kier alpha value is -1.01. The van der Waals surface area contributed by atoms with Crippen molar-refractivity contribution >= 4 is 17.7 Å². The molecule has 17 heavy (non-hydrogen) atoms. The summed E-state index contributed by atoms with van der Waals surface area (Å²) in [6.07, 6.45) is 1.90. The lowest BCUT2D eigenvalue weighted by atomic mass is 10.2. The highest BCUT2D eigenvalue weighted by Crippen LogP contribution is 2.13. The first-order valence-corrected chi connectivity index (χ1v) is 6.67. The number of aryl methyl sites for hydroxylation is 2. The molecule has 0 bridgehead atoms. The minimum Gasteiger partial charge on any atom is -0.436 e. The number of aliphatic hydroxyl groups is 1. The van der Waals surface area contributed by atoms with E-state index in [0.717, 1.165) is 0 Å². The fourth-order valence-electron chi connectivity index (χ4n) is 1.54. The van der Waals surface area contributed by atoms with Crippen LogP contribution in [0.4, 0.5) is 0 Å². The highest BCUT2D eigenvalue weighted by Gasteiger charge is 2.21. The molecular formula is C11H18N2O3S. The van der Waals surface area contributed by atoms with Gasteiger partial charge in [-0.1, -0.05) is 0 Å². The third-order valence-corrected chi connectivity index (χ3v) is 3.67. The topological polar surface area (TPSA) is 75.4 Å². The summed E-state index contributed by atoms with van der Waals surface area (Å²) in [6, 6.07) is -0.132. The first-order chi connectivity index (χ1) is 7.99. The molecule has 5 nitrogen and oxygen atoms in total. The molecule has 1 aromatic heterocycles. The van der Waals surface area contributed by atoms with E-state index >= 15 is 0 Å². The van der Waals surface area contributed by atoms with Gasteiger partial charge < -0.3 is 14.8 Å². The lowest BCUT2D eigenvalue weighted by molar-refractivity contribution is 0.0905. The molecule has 0 spiro atoms. The van der Waals surface area contributed by atoms with Crippen LogP contribution in [0.5, 0.6) is 0 Å². The van der Waals surface area contributed by atoms with Crippen LogP contribution in [-0.4, -0.2) is 40.2 Å². The van der Waals surface area contributed by atoms with Gasteiger partial charge in [0.05, 0.1) is 12.3 Å². The molecule has 1 aromatic rings. The molecular weight excluding hydrogens is 240 g/mol. The summed E-state index contributed by atoms with van der Waals surface area (Å²) in [5.74, 6) is 0.430. The minimum absolute atomic E-state index is 0.0247.